The average Bonchev–Trinajstić information content (AvgIpc) is 2.43. The number of nitrogens with zero attached hydrogens (tertiary/aromatic N) is 2. The lowest BCUT2D eigenvalue weighted by atomic mass is 10.2. The van der Waals surface area contributed by atoms with E-state index in [1.807, 2.05) is 37.3 Å². The van der Waals surface area contributed by atoms with Crippen LogP contribution in [0.2, 0.25) is 0 Å². The van der Waals surface area contributed by atoms with E-state index in [9.17, 15) is 0 Å². The minimum Gasteiger partial charge on any atom is -0.398 e. The van der Waals surface area contributed by atoms with Crippen LogP contribution >= 0.6 is 15.9 Å². The molecule has 100 valence electrons. The van der Waals surface area contributed by atoms with Crippen LogP contribution in [0.5, 0.6) is 0 Å². The second kappa shape index (κ2) is 5.09. The summed E-state index contributed by atoms with van der Waals surface area (Å²) in [5, 5.41) is 4.33. The third-order valence-corrected chi connectivity index (χ3v) is 3.52. The molecule has 2 heterocycles. The van der Waals surface area contributed by atoms with Gasteiger partial charge in [0, 0.05) is 34.0 Å². The Kier molecular flexibility index (Phi) is 3.28. The fourth-order valence-electron chi connectivity index (χ4n) is 1.98. The summed E-state index contributed by atoms with van der Waals surface area (Å²) < 4.78 is 0.958. The van der Waals surface area contributed by atoms with Crippen molar-refractivity contribution in [2.45, 2.75) is 6.92 Å². The number of hydrogen-bond donors (Lipinski definition) is 2. The van der Waals surface area contributed by atoms with Gasteiger partial charge in [-0.25, -0.2) is 4.98 Å². The summed E-state index contributed by atoms with van der Waals surface area (Å²) in [5.41, 5.74) is 9.40. The molecule has 0 bridgehead atoms. The number of benzene rings is 1. The zero-order valence-corrected chi connectivity index (χ0v) is 12.5. The van der Waals surface area contributed by atoms with Gasteiger partial charge in [-0.15, -0.1) is 0 Å². The number of nitrogen functional groups attached to an aromatic ring is 1. The van der Waals surface area contributed by atoms with Crippen molar-refractivity contribution < 1.29 is 0 Å². The van der Waals surface area contributed by atoms with E-state index in [4.69, 9.17) is 5.73 Å². The second-order valence-electron chi connectivity index (χ2n) is 4.58. The van der Waals surface area contributed by atoms with Crippen LogP contribution in [0, 0.1) is 6.92 Å². The molecule has 0 atom stereocenters. The lowest BCUT2D eigenvalue weighted by molar-refractivity contribution is 1.26. The lowest BCUT2D eigenvalue weighted by Gasteiger charge is -2.10. The first-order chi connectivity index (χ1) is 9.63. The number of hydrogen-bond acceptors (Lipinski definition) is 4. The Bertz CT molecular complexity index is 786. The molecule has 5 heteroatoms. The summed E-state index contributed by atoms with van der Waals surface area (Å²) in [6, 6.07) is 9.84. The van der Waals surface area contributed by atoms with E-state index in [2.05, 4.69) is 31.2 Å². The van der Waals surface area contributed by atoms with Crippen LogP contribution in [0.3, 0.4) is 0 Å². The van der Waals surface area contributed by atoms with Gasteiger partial charge in [-0.3, -0.25) is 4.98 Å². The fraction of sp³-hybridized carbons (Fsp3) is 0.0667. The zero-order valence-electron chi connectivity index (χ0n) is 10.9. The highest BCUT2D eigenvalue weighted by atomic mass is 79.9. The van der Waals surface area contributed by atoms with Crippen LogP contribution in [-0.2, 0) is 0 Å². The minimum absolute atomic E-state index is 0.713. The van der Waals surface area contributed by atoms with Crippen LogP contribution in [0.4, 0.5) is 17.2 Å². The predicted octanol–water partition coefficient (Wildman–Crippen LogP) is 4.03. The molecule has 3 N–H and O–H groups in total. The van der Waals surface area contributed by atoms with Crippen molar-refractivity contribution in [1.82, 2.24) is 9.97 Å². The number of aryl methyl sites for hydroxylation is 1. The summed E-state index contributed by atoms with van der Waals surface area (Å²) >= 11 is 3.43. The monoisotopic (exact) mass is 328 g/mol. The minimum atomic E-state index is 0.713. The van der Waals surface area contributed by atoms with Crippen LogP contribution < -0.4 is 11.1 Å². The third-order valence-electron chi connectivity index (χ3n) is 3.09. The molecule has 2 aromatic heterocycles. The SMILES string of the molecule is Cc1cnc(Nc2cccc3cc(Br)cnc23)cc1N. The van der Waals surface area contributed by atoms with E-state index in [-0.39, 0.29) is 0 Å². The molecule has 3 aromatic rings. The second-order valence-corrected chi connectivity index (χ2v) is 5.50. The molecule has 0 aliphatic heterocycles. The predicted molar refractivity (Wildman–Crippen MR) is 86.1 cm³/mol. The number of fused-ring (bicyclic) bond motifs is 1. The molecule has 3 rings (SSSR count). The van der Waals surface area contributed by atoms with Gasteiger partial charge in [-0.2, -0.15) is 0 Å². The van der Waals surface area contributed by atoms with Gasteiger partial charge >= 0.3 is 0 Å². The molecule has 0 fully saturated rings. The molecule has 0 spiro atoms. The first-order valence-corrected chi connectivity index (χ1v) is 6.96. The van der Waals surface area contributed by atoms with E-state index >= 15 is 0 Å². The van der Waals surface area contributed by atoms with Gasteiger partial charge in [0.2, 0.25) is 0 Å². The molecular formula is C15H13BrN4. The number of aromatic nitrogens is 2. The molecule has 0 unspecified atom stereocenters. The highest BCUT2D eigenvalue weighted by molar-refractivity contribution is 9.10. The molecule has 20 heavy (non-hydrogen) atoms. The highest BCUT2D eigenvalue weighted by Crippen LogP contribution is 2.26. The van der Waals surface area contributed by atoms with E-state index in [1.54, 1.807) is 12.4 Å². The van der Waals surface area contributed by atoms with E-state index < -0.39 is 0 Å². The Labute approximate surface area is 125 Å². The maximum atomic E-state index is 5.90. The molecule has 0 saturated carbocycles. The van der Waals surface area contributed by atoms with Crippen molar-refractivity contribution in [2.24, 2.45) is 0 Å². The van der Waals surface area contributed by atoms with Crippen LogP contribution in [0.15, 0.2) is 47.2 Å². The lowest BCUT2D eigenvalue weighted by Crippen LogP contribution is -1.98. The molecule has 1 aromatic carbocycles. The molecule has 0 amide bonds. The van der Waals surface area contributed by atoms with E-state index in [0.717, 1.165) is 32.3 Å². The highest BCUT2D eigenvalue weighted by Gasteiger charge is 2.05. The fourth-order valence-corrected chi connectivity index (χ4v) is 2.33. The van der Waals surface area contributed by atoms with Crippen molar-refractivity contribution >= 4 is 44.0 Å². The number of halogens is 1. The number of nitrogens with one attached hydrogen (secondary N) is 1. The quantitative estimate of drug-likeness (QED) is 0.745. The number of rotatable bonds is 2. The Balaban J connectivity index is 2.04. The first-order valence-electron chi connectivity index (χ1n) is 6.17. The Morgan fingerprint density at radius 2 is 2.00 bits per heavy atom. The van der Waals surface area contributed by atoms with Crippen molar-refractivity contribution in [1.29, 1.82) is 0 Å². The smallest absolute Gasteiger partial charge is 0.132 e. The summed E-state index contributed by atoms with van der Waals surface area (Å²) in [5.74, 6) is 0.713. The summed E-state index contributed by atoms with van der Waals surface area (Å²) in [6.07, 6.45) is 3.54. The molecule has 0 radical (unpaired) electrons. The number of pyridine rings is 2. The standard InChI is InChI=1S/C15H13BrN4/c1-9-7-18-14(6-12(9)17)20-13-4-2-3-10-5-11(16)8-19-15(10)13/h2-8H,1H3,(H3,17,18,20). The average molecular weight is 329 g/mol. The topological polar surface area (TPSA) is 63.8 Å². The van der Waals surface area contributed by atoms with E-state index in [0.29, 0.717) is 5.82 Å². The number of anilines is 3. The molecule has 0 aliphatic carbocycles. The van der Waals surface area contributed by atoms with E-state index in [1.165, 1.54) is 0 Å². The van der Waals surface area contributed by atoms with Gasteiger partial charge in [0.1, 0.15) is 5.82 Å². The van der Waals surface area contributed by atoms with Gasteiger partial charge < -0.3 is 11.1 Å². The van der Waals surface area contributed by atoms with Gasteiger partial charge in [0.15, 0.2) is 0 Å². The van der Waals surface area contributed by atoms with Crippen molar-refractivity contribution in [3.63, 3.8) is 0 Å². The van der Waals surface area contributed by atoms with Crippen LogP contribution in [-0.4, -0.2) is 9.97 Å². The maximum Gasteiger partial charge on any atom is 0.132 e. The summed E-state index contributed by atoms with van der Waals surface area (Å²) in [7, 11) is 0. The molecule has 0 saturated heterocycles. The Hall–Kier alpha value is -2.14. The first kappa shape index (κ1) is 12.9. The van der Waals surface area contributed by atoms with Crippen molar-refractivity contribution in [3.8, 4) is 0 Å². The molecule has 4 nitrogen and oxygen atoms in total. The maximum absolute atomic E-state index is 5.90. The molecular weight excluding hydrogens is 316 g/mol. The van der Waals surface area contributed by atoms with Crippen molar-refractivity contribution in [3.05, 3.63) is 52.8 Å². The number of nitrogens with two attached hydrogens (primary N) is 1. The Morgan fingerprint density at radius 1 is 1.15 bits per heavy atom. The summed E-state index contributed by atoms with van der Waals surface area (Å²) in [6.45, 7) is 1.93. The largest absolute Gasteiger partial charge is 0.398 e. The number of para-hydroxylation sites is 1. The third kappa shape index (κ3) is 2.44. The zero-order chi connectivity index (χ0) is 14.1. The normalized spacial score (nSPS) is 10.7. The van der Waals surface area contributed by atoms with Gasteiger partial charge in [-0.05, 0) is 40.5 Å². The van der Waals surface area contributed by atoms with Gasteiger partial charge in [0.05, 0.1) is 11.2 Å². The van der Waals surface area contributed by atoms with Gasteiger partial charge in [-0.1, -0.05) is 12.1 Å². The van der Waals surface area contributed by atoms with Gasteiger partial charge in [0.25, 0.3) is 0 Å². The van der Waals surface area contributed by atoms with Crippen molar-refractivity contribution in [2.75, 3.05) is 11.1 Å². The Morgan fingerprint density at radius 3 is 2.80 bits per heavy atom. The van der Waals surface area contributed by atoms with Crippen LogP contribution in [0.1, 0.15) is 5.56 Å². The molecule has 0 aliphatic rings. The van der Waals surface area contributed by atoms with Crippen LogP contribution in [0.25, 0.3) is 10.9 Å². The summed E-state index contributed by atoms with van der Waals surface area (Å²) in [4.78, 5) is 8.78.